The second-order valence-electron chi connectivity index (χ2n) is 9.02. The summed E-state index contributed by atoms with van der Waals surface area (Å²) in [6, 6.07) is 7.74. The van der Waals surface area contributed by atoms with E-state index in [4.69, 9.17) is 0 Å². The second kappa shape index (κ2) is 7.07. The Labute approximate surface area is 163 Å². The SMILES string of the molecule is CC(C)=CCC1(/C=C/[N+](=O)[O-])C(=O)N([Si](C)(C)C(C)(C)C)c2ccccc21. The third-order valence-corrected chi connectivity index (χ3v) is 11.2. The van der Waals surface area contributed by atoms with Gasteiger partial charge in [-0.15, -0.1) is 0 Å². The lowest BCUT2D eigenvalue weighted by Crippen LogP contribution is -2.58. The van der Waals surface area contributed by atoms with Crippen LogP contribution in [0.3, 0.4) is 0 Å². The molecule has 0 radical (unpaired) electrons. The van der Waals surface area contributed by atoms with Gasteiger partial charge in [-0.1, -0.05) is 63.7 Å². The van der Waals surface area contributed by atoms with Crippen LogP contribution in [0.25, 0.3) is 0 Å². The van der Waals surface area contributed by atoms with Crippen molar-refractivity contribution in [2.24, 2.45) is 0 Å². The normalized spacial score (nSPS) is 20.1. The lowest BCUT2D eigenvalue weighted by Gasteiger charge is -2.44. The van der Waals surface area contributed by atoms with Crippen molar-refractivity contribution in [3.63, 3.8) is 0 Å². The van der Waals surface area contributed by atoms with Crippen LogP contribution in [0.15, 0.2) is 48.2 Å². The summed E-state index contributed by atoms with van der Waals surface area (Å²) in [4.78, 5) is 24.4. The summed E-state index contributed by atoms with van der Waals surface area (Å²) in [5, 5.41) is 11.0. The molecular weight excluding hydrogens is 356 g/mol. The molecule has 1 aromatic carbocycles. The molecule has 0 aliphatic carbocycles. The van der Waals surface area contributed by atoms with E-state index in [9.17, 15) is 14.9 Å². The van der Waals surface area contributed by atoms with Gasteiger partial charge in [-0.3, -0.25) is 14.9 Å². The molecule has 5 nitrogen and oxygen atoms in total. The third-order valence-electron chi connectivity index (χ3n) is 5.92. The number of carbonyl (C=O) groups is 1. The molecule has 1 heterocycles. The van der Waals surface area contributed by atoms with Crippen molar-refractivity contribution in [3.8, 4) is 0 Å². The molecule has 1 aliphatic rings. The van der Waals surface area contributed by atoms with Crippen molar-refractivity contribution < 1.29 is 9.72 Å². The summed E-state index contributed by atoms with van der Waals surface area (Å²) >= 11 is 0. The second-order valence-corrected chi connectivity index (χ2v) is 14.1. The highest BCUT2D eigenvalue weighted by Crippen LogP contribution is 2.51. The van der Waals surface area contributed by atoms with E-state index in [1.54, 1.807) is 0 Å². The van der Waals surface area contributed by atoms with Crippen LogP contribution < -0.4 is 4.57 Å². The van der Waals surface area contributed by atoms with Gasteiger partial charge in [0.2, 0.25) is 12.1 Å². The monoisotopic (exact) mass is 386 g/mol. The summed E-state index contributed by atoms with van der Waals surface area (Å²) in [5.41, 5.74) is 1.80. The predicted octanol–water partition coefficient (Wildman–Crippen LogP) is 5.42. The molecule has 27 heavy (non-hydrogen) atoms. The third kappa shape index (κ3) is 3.63. The van der Waals surface area contributed by atoms with Gasteiger partial charge >= 0.3 is 0 Å². The highest BCUT2D eigenvalue weighted by molar-refractivity contribution is 6.87. The Morgan fingerprint density at radius 3 is 2.37 bits per heavy atom. The average molecular weight is 387 g/mol. The first kappa shape index (κ1) is 21.1. The summed E-state index contributed by atoms with van der Waals surface area (Å²) in [5.74, 6) is -0.0501. The number of para-hydroxylation sites is 1. The van der Waals surface area contributed by atoms with Crippen molar-refractivity contribution in [2.75, 3.05) is 4.57 Å². The molecule has 0 spiro atoms. The quantitative estimate of drug-likeness (QED) is 0.294. The van der Waals surface area contributed by atoms with Crippen LogP contribution in [0.4, 0.5) is 5.69 Å². The molecule has 0 bridgehead atoms. The van der Waals surface area contributed by atoms with Crippen LogP contribution in [0.5, 0.6) is 0 Å². The van der Waals surface area contributed by atoms with Gasteiger partial charge in [-0.25, -0.2) is 0 Å². The van der Waals surface area contributed by atoms with Crippen molar-refractivity contribution in [1.82, 2.24) is 0 Å². The fourth-order valence-electron chi connectivity index (χ4n) is 3.34. The summed E-state index contributed by atoms with van der Waals surface area (Å²) in [6.45, 7) is 14.8. The zero-order chi connectivity index (χ0) is 20.6. The minimum Gasteiger partial charge on any atom is -0.339 e. The van der Waals surface area contributed by atoms with Crippen molar-refractivity contribution >= 4 is 19.8 Å². The zero-order valence-electron chi connectivity index (χ0n) is 17.4. The van der Waals surface area contributed by atoms with Crippen LogP contribution in [0.1, 0.15) is 46.6 Å². The van der Waals surface area contributed by atoms with E-state index in [-0.39, 0.29) is 10.9 Å². The van der Waals surface area contributed by atoms with Gasteiger partial charge in [0.25, 0.3) is 0 Å². The number of nitro groups is 1. The van der Waals surface area contributed by atoms with Crippen LogP contribution in [0.2, 0.25) is 18.1 Å². The van der Waals surface area contributed by atoms with Crippen LogP contribution in [-0.4, -0.2) is 19.1 Å². The zero-order valence-corrected chi connectivity index (χ0v) is 18.4. The maximum absolute atomic E-state index is 13.9. The highest BCUT2D eigenvalue weighted by atomic mass is 28.3. The Morgan fingerprint density at radius 1 is 1.26 bits per heavy atom. The van der Waals surface area contributed by atoms with Gasteiger partial charge in [-0.2, -0.15) is 0 Å². The first-order chi connectivity index (χ1) is 12.3. The Kier molecular flexibility index (Phi) is 5.53. The number of carbonyl (C=O) groups excluding carboxylic acids is 1. The van der Waals surface area contributed by atoms with Crippen molar-refractivity contribution in [1.29, 1.82) is 0 Å². The molecule has 146 valence electrons. The molecule has 1 aliphatic heterocycles. The van der Waals surface area contributed by atoms with Gasteiger partial charge in [0.05, 0.1) is 4.92 Å². The number of allylic oxidation sites excluding steroid dienone is 2. The number of hydrogen-bond donors (Lipinski definition) is 0. The molecule has 1 aromatic rings. The fourth-order valence-corrected chi connectivity index (χ4v) is 5.52. The number of amides is 1. The largest absolute Gasteiger partial charge is 0.339 e. The fraction of sp³-hybridized carbons (Fsp3) is 0.476. The van der Waals surface area contributed by atoms with E-state index in [0.717, 1.165) is 23.0 Å². The molecule has 0 fully saturated rings. The predicted molar refractivity (Wildman–Crippen MR) is 113 cm³/mol. The van der Waals surface area contributed by atoms with Crippen LogP contribution in [-0.2, 0) is 10.2 Å². The molecule has 0 saturated carbocycles. The smallest absolute Gasteiger partial charge is 0.234 e. The summed E-state index contributed by atoms with van der Waals surface area (Å²) in [6.07, 6.45) is 4.82. The van der Waals surface area contributed by atoms with E-state index in [2.05, 4.69) is 33.9 Å². The molecule has 1 unspecified atom stereocenters. The number of fused-ring (bicyclic) bond motifs is 1. The van der Waals surface area contributed by atoms with Gasteiger partial charge < -0.3 is 4.57 Å². The first-order valence-corrected chi connectivity index (χ1v) is 12.2. The van der Waals surface area contributed by atoms with Gasteiger partial charge in [0, 0.05) is 11.8 Å². The molecule has 0 aromatic heterocycles. The van der Waals surface area contributed by atoms with E-state index in [0.29, 0.717) is 6.42 Å². The number of anilines is 1. The minimum absolute atomic E-state index is 0.0464. The van der Waals surface area contributed by atoms with Crippen molar-refractivity contribution in [2.45, 2.75) is 64.6 Å². The van der Waals surface area contributed by atoms with Crippen molar-refractivity contribution in [3.05, 3.63) is 63.9 Å². The molecule has 0 N–H and O–H groups in total. The first-order valence-electron chi connectivity index (χ1n) is 9.25. The van der Waals surface area contributed by atoms with E-state index >= 15 is 0 Å². The Bertz CT molecular complexity index is 817. The van der Waals surface area contributed by atoms with Gasteiger partial charge in [0.15, 0.2) is 8.24 Å². The van der Waals surface area contributed by atoms with E-state index in [1.165, 1.54) is 6.08 Å². The number of benzene rings is 1. The number of hydrogen-bond acceptors (Lipinski definition) is 3. The maximum Gasteiger partial charge on any atom is 0.234 e. The lowest BCUT2D eigenvalue weighted by atomic mass is 9.78. The summed E-state index contributed by atoms with van der Waals surface area (Å²) < 4.78 is 1.98. The Morgan fingerprint density at radius 2 is 1.85 bits per heavy atom. The average Bonchev–Trinajstić information content (AvgIpc) is 2.79. The molecular formula is C21H30N2O3Si. The molecule has 1 atom stereocenters. The number of nitrogens with zero attached hydrogens (tertiary/aromatic N) is 2. The topological polar surface area (TPSA) is 63.5 Å². The van der Waals surface area contributed by atoms with Crippen LogP contribution in [0, 0.1) is 10.1 Å². The van der Waals surface area contributed by atoms with E-state index in [1.807, 2.05) is 48.8 Å². The number of rotatable bonds is 5. The molecule has 1 amide bonds. The standard InChI is InChI=1S/C21H30N2O3Si/c1-16(2)12-13-21(14-15-22(25)26)17-10-8-9-11-18(17)23(19(21)24)27(6,7)20(3,4)5/h8-12,14-15H,13H2,1-7H3/b15-14+. The Balaban J connectivity index is 2.77. The molecule has 2 rings (SSSR count). The van der Waals surface area contributed by atoms with Gasteiger partial charge in [-0.05, 0) is 36.9 Å². The Hall–Kier alpha value is -2.21. The van der Waals surface area contributed by atoms with Gasteiger partial charge in [0.1, 0.15) is 5.41 Å². The summed E-state index contributed by atoms with van der Waals surface area (Å²) in [7, 11) is -2.23. The minimum atomic E-state index is -2.23. The lowest BCUT2D eigenvalue weighted by molar-refractivity contribution is -0.402. The maximum atomic E-state index is 13.9. The van der Waals surface area contributed by atoms with E-state index < -0.39 is 18.6 Å². The molecule has 0 saturated heterocycles. The van der Waals surface area contributed by atoms with Crippen LogP contribution >= 0.6 is 0 Å². The molecule has 6 heteroatoms. The highest BCUT2D eigenvalue weighted by Gasteiger charge is 2.56.